The molecule has 3 heterocycles. The molecular weight excluding hydrogens is 328 g/mol. The molecule has 1 amide bonds. The zero-order valence-electron chi connectivity index (χ0n) is 14.6. The van der Waals surface area contributed by atoms with Gasteiger partial charge in [-0.25, -0.2) is 0 Å². The Kier molecular flexibility index (Phi) is 4.43. The summed E-state index contributed by atoms with van der Waals surface area (Å²) in [5.41, 5.74) is 1.95. The maximum atomic E-state index is 13.1. The largest absolute Gasteiger partial charge is 0.334 e. The lowest BCUT2D eigenvalue weighted by Crippen LogP contribution is -2.36. The summed E-state index contributed by atoms with van der Waals surface area (Å²) in [6.45, 7) is 2.56. The summed E-state index contributed by atoms with van der Waals surface area (Å²) in [5.74, 6) is 0.531. The van der Waals surface area contributed by atoms with E-state index in [1.165, 1.54) is 4.80 Å². The van der Waals surface area contributed by atoms with E-state index in [1.54, 1.807) is 6.20 Å². The van der Waals surface area contributed by atoms with E-state index >= 15 is 0 Å². The first-order valence-electron chi connectivity index (χ1n) is 8.79. The Morgan fingerprint density at radius 1 is 1.19 bits per heavy atom. The summed E-state index contributed by atoms with van der Waals surface area (Å²) in [6, 6.07) is 13.1. The van der Waals surface area contributed by atoms with Crippen molar-refractivity contribution in [2.75, 3.05) is 6.54 Å². The Morgan fingerprint density at radius 3 is 2.81 bits per heavy atom. The Hall–Kier alpha value is -3.09. The van der Waals surface area contributed by atoms with Crippen molar-refractivity contribution in [1.82, 2.24) is 30.1 Å². The molecule has 0 N–H and O–H groups in total. The minimum absolute atomic E-state index is 0.00775. The fourth-order valence-corrected chi connectivity index (χ4v) is 3.38. The van der Waals surface area contributed by atoms with Crippen LogP contribution in [-0.2, 0) is 4.79 Å². The van der Waals surface area contributed by atoms with Crippen LogP contribution in [0.15, 0.2) is 54.9 Å². The average Bonchev–Trinajstić information content (AvgIpc) is 3.38. The van der Waals surface area contributed by atoms with Gasteiger partial charge in [0.2, 0.25) is 11.7 Å². The Morgan fingerprint density at radius 2 is 2.04 bits per heavy atom. The highest BCUT2D eigenvalue weighted by molar-refractivity contribution is 5.80. The minimum Gasteiger partial charge on any atom is -0.334 e. The normalized spacial score (nSPS) is 18.0. The van der Waals surface area contributed by atoms with Crippen molar-refractivity contribution in [3.63, 3.8) is 0 Å². The third-order valence-corrected chi connectivity index (χ3v) is 4.77. The fraction of sp³-hybridized carbons (Fsp3) is 0.316. The third-order valence-electron chi connectivity index (χ3n) is 4.77. The monoisotopic (exact) mass is 348 g/mol. The van der Waals surface area contributed by atoms with Crippen LogP contribution in [0.5, 0.6) is 0 Å². The first kappa shape index (κ1) is 16.4. The van der Waals surface area contributed by atoms with E-state index in [9.17, 15) is 4.79 Å². The summed E-state index contributed by atoms with van der Waals surface area (Å²) in [5, 5.41) is 12.6. The average molecular weight is 348 g/mol. The van der Waals surface area contributed by atoms with Crippen LogP contribution in [0.3, 0.4) is 0 Å². The van der Waals surface area contributed by atoms with Crippen LogP contribution in [0.2, 0.25) is 0 Å². The molecule has 2 aromatic heterocycles. The van der Waals surface area contributed by atoms with Crippen molar-refractivity contribution in [2.24, 2.45) is 0 Å². The number of hydrogen-bond donors (Lipinski definition) is 0. The minimum atomic E-state index is -0.503. The first-order valence-corrected chi connectivity index (χ1v) is 8.79. The summed E-state index contributed by atoms with van der Waals surface area (Å²) in [4.78, 5) is 20.6. The molecule has 0 radical (unpaired) electrons. The van der Waals surface area contributed by atoms with Crippen LogP contribution in [0.1, 0.15) is 37.4 Å². The van der Waals surface area contributed by atoms with Crippen LogP contribution >= 0.6 is 0 Å². The van der Waals surface area contributed by atoms with Crippen molar-refractivity contribution in [2.45, 2.75) is 31.8 Å². The second-order valence-corrected chi connectivity index (χ2v) is 6.45. The molecule has 7 nitrogen and oxygen atoms in total. The van der Waals surface area contributed by atoms with Crippen molar-refractivity contribution in [3.05, 3.63) is 60.4 Å². The molecule has 4 rings (SSSR count). The Bertz CT molecular complexity index is 879. The van der Waals surface area contributed by atoms with Gasteiger partial charge in [-0.1, -0.05) is 36.4 Å². The second-order valence-electron chi connectivity index (χ2n) is 6.45. The lowest BCUT2D eigenvalue weighted by Gasteiger charge is -2.27. The number of hydrogen-bond acceptors (Lipinski definition) is 5. The smallest absolute Gasteiger partial charge is 0.249 e. The molecule has 0 aliphatic carbocycles. The molecule has 0 bridgehead atoms. The molecule has 1 saturated heterocycles. The van der Waals surface area contributed by atoms with Gasteiger partial charge in [-0.2, -0.15) is 4.80 Å². The van der Waals surface area contributed by atoms with Crippen molar-refractivity contribution in [3.8, 4) is 11.4 Å². The number of benzene rings is 1. The highest BCUT2D eigenvalue weighted by Gasteiger charge is 2.34. The number of rotatable bonds is 4. The van der Waals surface area contributed by atoms with Crippen LogP contribution in [0.25, 0.3) is 11.4 Å². The molecular formula is C19H20N6O. The summed E-state index contributed by atoms with van der Waals surface area (Å²) in [7, 11) is 0. The lowest BCUT2D eigenvalue weighted by atomic mass is 10.1. The molecule has 0 saturated carbocycles. The van der Waals surface area contributed by atoms with E-state index in [0.29, 0.717) is 5.82 Å². The van der Waals surface area contributed by atoms with Gasteiger partial charge in [-0.15, -0.1) is 10.2 Å². The number of carbonyl (C=O) groups is 1. The van der Waals surface area contributed by atoms with E-state index < -0.39 is 6.04 Å². The molecule has 1 aliphatic heterocycles. The predicted octanol–water partition coefficient (Wildman–Crippen LogP) is 2.66. The van der Waals surface area contributed by atoms with E-state index in [0.717, 1.165) is 30.5 Å². The number of tetrazole rings is 1. The molecule has 0 spiro atoms. The van der Waals surface area contributed by atoms with Gasteiger partial charge < -0.3 is 4.90 Å². The number of amides is 1. The zero-order valence-corrected chi connectivity index (χ0v) is 14.6. The standard InChI is InChI=1S/C19H20N6O/c1-14(25-22-18(21-23-25)15-7-3-2-4-8-15)19(26)24-12-6-10-17(24)16-9-5-11-20-13-16/h2-5,7-9,11,13-14,17H,6,10,12H2,1H3/t14-,17-/m1/s1. The topological polar surface area (TPSA) is 76.8 Å². The number of carbonyl (C=O) groups excluding carboxylic acids is 1. The highest BCUT2D eigenvalue weighted by atomic mass is 16.2. The van der Waals surface area contributed by atoms with Gasteiger partial charge in [-0.05, 0) is 36.6 Å². The third kappa shape index (κ3) is 3.08. The van der Waals surface area contributed by atoms with Crippen LogP contribution in [0.4, 0.5) is 0 Å². The van der Waals surface area contributed by atoms with Crippen molar-refractivity contribution < 1.29 is 4.79 Å². The van der Waals surface area contributed by atoms with Gasteiger partial charge in [-0.3, -0.25) is 9.78 Å². The van der Waals surface area contributed by atoms with E-state index in [2.05, 4.69) is 20.4 Å². The van der Waals surface area contributed by atoms with Gasteiger partial charge in [0, 0.05) is 24.5 Å². The SMILES string of the molecule is C[C@H](C(=O)N1CCC[C@@H]1c1cccnc1)n1nnc(-c2ccccc2)n1. The summed E-state index contributed by atoms with van der Waals surface area (Å²) in [6.07, 6.45) is 5.52. The number of aromatic nitrogens is 5. The molecule has 2 atom stereocenters. The Labute approximate surface area is 151 Å². The molecule has 26 heavy (non-hydrogen) atoms. The zero-order chi connectivity index (χ0) is 17.9. The second kappa shape index (κ2) is 7.03. The van der Waals surface area contributed by atoms with Gasteiger partial charge in [0.05, 0.1) is 6.04 Å². The van der Waals surface area contributed by atoms with Crippen LogP contribution in [-0.4, -0.2) is 42.5 Å². The quantitative estimate of drug-likeness (QED) is 0.724. The van der Waals surface area contributed by atoms with Crippen LogP contribution in [0, 0.1) is 0 Å². The van der Waals surface area contributed by atoms with E-state index in [1.807, 2.05) is 60.5 Å². The lowest BCUT2D eigenvalue weighted by molar-refractivity contribution is -0.135. The highest BCUT2D eigenvalue weighted by Crippen LogP contribution is 2.33. The molecule has 1 aliphatic rings. The molecule has 3 aromatic rings. The number of likely N-dealkylation sites (tertiary alicyclic amines) is 1. The fourth-order valence-electron chi connectivity index (χ4n) is 3.38. The molecule has 132 valence electrons. The predicted molar refractivity (Wildman–Crippen MR) is 95.9 cm³/mol. The van der Waals surface area contributed by atoms with E-state index in [4.69, 9.17) is 0 Å². The van der Waals surface area contributed by atoms with E-state index in [-0.39, 0.29) is 11.9 Å². The molecule has 1 fully saturated rings. The van der Waals surface area contributed by atoms with Crippen LogP contribution < -0.4 is 0 Å². The molecule has 0 unspecified atom stereocenters. The maximum absolute atomic E-state index is 13.1. The Balaban J connectivity index is 1.54. The maximum Gasteiger partial charge on any atom is 0.249 e. The summed E-state index contributed by atoms with van der Waals surface area (Å²) >= 11 is 0. The van der Waals surface area contributed by atoms with Gasteiger partial charge >= 0.3 is 0 Å². The first-order chi connectivity index (χ1) is 12.7. The van der Waals surface area contributed by atoms with Gasteiger partial charge in [0.25, 0.3) is 0 Å². The molecule has 1 aromatic carbocycles. The molecule has 7 heteroatoms. The number of pyridine rings is 1. The van der Waals surface area contributed by atoms with Crippen molar-refractivity contribution >= 4 is 5.91 Å². The van der Waals surface area contributed by atoms with Gasteiger partial charge in [0.1, 0.15) is 6.04 Å². The summed E-state index contributed by atoms with van der Waals surface area (Å²) < 4.78 is 0. The number of nitrogens with zero attached hydrogens (tertiary/aromatic N) is 6. The van der Waals surface area contributed by atoms with Crippen molar-refractivity contribution in [1.29, 1.82) is 0 Å². The van der Waals surface area contributed by atoms with Gasteiger partial charge in [0.15, 0.2) is 0 Å².